The van der Waals surface area contributed by atoms with Crippen molar-refractivity contribution in [3.8, 4) is 5.75 Å². The molecule has 1 rings (SSSR count). The van der Waals surface area contributed by atoms with Crippen LogP contribution in [0.2, 0.25) is 5.02 Å². The van der Waals surface area contributed by atoms with E-state index in [9.17, 15) is 4.79 Å². The second-order valence-electron chi connectivity index (χ2n) is 4.28. The highest BCUT2D eigenvalue weighted by Gasteiger charge is 2.17. The predicted molar refractivity (Wildman–Crippen MR) is 78.7 cm³/mol. The van der Waals surface area contributed by atoms with Crippen LogP contribution in [-0.2, 0) is 4.79 Å². The Balaban J connectivity index is 2.84. The van der Waals surface area contributed by atoms with Gasteiger partial charge in [-0.1, -0.05) is 24.9 Å². The molecule has 1 aromatic rings. The van der Waals surface area contributed by atoms with Crippen molar-refractivity contribution in [2.24, 2.45) is 11.7 Å². The number of carbonyl (C=O) groups excluding carboxylic acids is 1. The maximum atomic E-state index is 12.1. The average molecular weight is 285 g/mol. The van der Waals surface area contributed by atoms with Crippen LogP contribution >= 0.6 is 11.6 Å². The molecule has 3 N–H and O–H groups in total. The van der Waals surface area contributed by atoms with Crippen LogP contribution in [0.25, 0.3) is 0 Å². The standard InChI is InChI=1S/C14H21ClN2O2/c1-3-5-10(9-16)14(18)17-12-8-11(15)6-7-13(12)19-4-2/h6-8,10H,3-5,9,16H2,1-2H3,(H,17,18). The lowest BCUT2D eigenvalue weighted by atomic mass is 10.0. The average Bonchev–Trinajstić information content (AvgIpc) is 2.39. The van der Waals surface area contributed by atoms with Crippen LogP contribution in [0.4, 0.5) is 5.69 Å². The summed E-state index contributed by atoms with van der Waals surface area (Å²) in [5.74, 6) is 0.346. The van der Waals surface area contributed by atoms with Gasteiger partial charge in [0.25, 0.3) is 0 Å². The maximum Gasteiger partial charge on any atom is 0.228 e. The minimum absolute atomic E-state index is 0.0902. The summed E-state index contributed by atoms with van der Waals surface area (Å²) in [6, 6.07) is 5.16. The molecule has 0 saturated heterocycles. The molecule has 0 spiro atoms. The molecule has 0 aliphatic carbocycles. The van der Waals surface area contributed by atoms with E-state index in [4.69, 9.17) is 22.1 Å². The van der Waals surface area contributed by atoms with Crippen molar-refractivity contribution in [1.29, 1.82) is 0 Å². The monoisotopic (exact) mass is 284 g/mol. The number of hydrogen-bond donors (Lipinski definition) is 2. The number of nitrogens with two attached hydrogens (primary N) is 1. The van der Waals surface area contributed by atoms with Gasteiger partial charge in [0.2, 0.25) is 5.91 Å². The molecule has 0 heterocycles. The van der Waals surface area contributed by atoms with Crippen LogP contribution in [-0.4, -0.2) is 19.1 Å². The number of carbonyl (C=O) groups is 1. The van der Waals surface area contributed by atoms with Crippen molar-refractivity contribution in [2.45, 2.75) is 26.7 Å². The third-order valence-electron chi connectivity index (χ3n) is 2.79. The van der Waals surface area contributed by atoms with E-state index in [0.29, 0.717) is 29.6 Å². The molecule has 0 aliphatic heterocycles. The summed E-state index contributed by atoms with van der Waals surface area (Å²) < 4.78 is 5.46. The Morgan fingerprint density at radius 1 is 1.47 bits per heavy atom. The summed E-state index contributed by atoms with van der Waals surface area (Å²) in [6.07, 6.45) is 1.69. The van der Waals surface area contributed by atoms with Crippen LogP contribution in [0.3, 0.4) is 0 Å². The molecule has 1 aromatic carbocycles. The van der Waals surface area contributed by atoms with E-state index < -0.39 is 0 Å². The predicted octanol–water partition coefficient (Wildman–Crippen LogP) is 3.05. The molecule has 0 fully saturated rings. The summed E-state index contributed by atoms with van der Waals surface area (Å²) in [6.45, 7) is 4.78. The fraction of sp³-hybridized carbons (Fsp3) is 0.500. The highest BCUT2D eigenvalue weighted by Crippen LogP contribution is 2.28. The van der Waals surface area contributed by atoms with Gasteiger partial charge >= 0.3 is 0 Å². The summed E-state index contributed by atoms with van der Waals surface area (Å²) in [5.41, 5.74) is 6.21. The van der Waals surface area contributed by atoms with Crippen LogP contribution in [0.5, 0.6) is 5.75 Å². The van der Waals surface area contributed by atoms with Crippen LogP contribution in [0.1, 0.15) is 26.7 Å². The first-order valence-corrected chi connectivity index (χ1v) is 6.93. The van der Waals surface area contributed by atoms with Crippen molar-refractivity contribution in [1.82, 2.24) is 0 Å². The Labute approximate surface area is 119 Å². The molecule has 1 unspecified atom stereocenters. The molecule has 0 bridgehead atoms. The second-order valence-corrected chi connectivity index (χ2v) is 4.72. The van der Waals surface area contributed by atoms with Gasteiger partial charge in [0.15, 0.2) is 0 Å². The zero-order valence-electron chi connectivity index (χ0n) is 11.4. The lowest BCUT2D eigenvalue weighted by molar-refractivity contribution is -0.119. The molecular weight excluding hydrogens is 264 g/mol. The number of anilines is 1. The van der Waals surface area contributed by atoms with Crippen molar-refractivity contribution in [3.05, 3.63) is 23.2 Å². The third-order valence-corrected chi connectivity index (χ3v) is 3.03. The van der Waals surface area contributed by atoms with Gasteiger partial charge in [-0.25, -0.2) is 0 Å². The highest BCUT2D eigenvalue weighted by molar-refractivity contribution is 6.31. The number of amides is 1. The topological polar surface area (TPSA) is 64.4 Å². The fourth-order valence-electron chi connectivity index (χ4n) is 1.82. The number of ether oxygens (including phenoxy) is 1. The molecule has 4 nitrogen and oxygen atoms in total. The molecule has 1 amide bonds. The van der Waals surface area contributed by atoms with E-state index in [2.05, 4.69) is 5.32 Å². The summed E-state index contributed by atoms with van der Waals surface area (Å²) in [7, 11) is 0. The Kier molecular flexibility index (Phi) is 6.67. The lowest BCUT2D eigenvalue weighted by Crippen LogP contribution is -2.29. The SMILES string of the molecule is CCCC(CN)C(=O)Nc1cc(Cl)ccc1OCC. The van der Waals surface area contributed by atoms with Crippen LogP contribution in [0.15, 0.2) is 18.2 Å². The van der Waals surface area contributed by atoms with Crippen molar-refractivity contribution in [3.63, 3.8) is 0 Å². The zero-order chi connectivity index (χ0) is 14.3. The van der Waals surface area contributed by atoms with Gasteiger partial charge in [-0.3, -0.25) is 4.79 Å². The van der Waals surface area contributed by atoms with Crippen molar-refractivity contribution >= 4 is 23.2 Å². The van der Waals surface area contributed by atoms with E-state index >= 15 is 0 Å². The van der Waals surface area contributed by atoms with Gasteiger partial charge < -0.3 is 15.8 Å². The van der Waals surface area contributed by atoms with Crippen LogP contribution in [0, 0.1) is 5.92 Å². The van der Waals surface area contributed by atoms with Gasteiger partial charge in [0, 0.05) is 11.6 Å². The number of nitrogens with one attached hydrogen (secondary N) is 1. The highest BCUT2D eigenvalue weighted by atomic mass is 35.5. The van der Waals surface area contributed by atoms with E-state index in [0.717, 1.165) is 12.8 Å². The minimum atomic E-state index is -0.182. The lowest BCUT2D eigenvalue weighted by Gasteiger charge is -2.16. The van der Waals surface area contributed by atoms with Crippen LogP contribution < -0.4 is 15.8 Å². The zero-order valence-corrected chi connectivity index (χ0v) is 12.2. The largest absolute Gasteiger partial charge is 0.492 e. The Hall–Kier alpha value is -1.26. The molecule has 0 radical (unpaired) electrons. The molecule has 5 heteroatoms. The first-order chi connectivity index (χ1) is 9.12. The van der Waals surface area contributed by atoms with E-state index in [-0.39, 0.29) is 11.8 Å². The molecule has 0 aliphatic rings. The number of hydrogen-bond acceptors (Lipinski definition) is 3. The van der Waals surface area contributed by atoms with E-state index in [1.54, 1.807) is 18.2 Å². The normalized spacial score (nSPS) is 12.0. The number of halogens is 1. The molecule has 1 atom stereocenters. The van der Waals surface area contributed by atoms with Crippen molar-refractivity contribution < 1.29 is 9.53 Å². The summed E-state index contributed by atoms with van der Waals surface area (Å²) in [5, 5.41) is 3.40. The smallest absolute Gasteiger partial charge is 0.228 e. The van der Waals surface area contributed by atoms with E-state index in [1.807, 2.05) is 13.8 Å². The first-order valence-electron chi connectivity index (χ1n) is 6.55. The summed E-state index contributed by atoms with van der Waals surface area (Å²) >= 11 is 5.94. The van der Waals surface area contributed by atoms with Gasteiger partial charge in [0.05, 0.1) is 18.2 Å². The van der Waals surface area contributed by atoms with E-state index in [1.165, 1.54) is 0 Å². The second kappa shape index (κ2) is 8.02. The Morgan fingerprint density at radius 2 is 2.21 bits per heavy atom. The number of benzene rings is 1. The molecule has 19 heavy (non-hydrogen) atoms. The number of rotatable bonds is 7. The third kappa shape index (κ3) is 4.73. The molecule has 0 saturated carbocycles. The minimum Gasteiger partial charge on any atom is -0.492 e. The van der Waals surface area contributed by atoms with Crippen molar-refractivity contribution in [2.75, 3.05) is 18.5 Å². The maximum absolute atomic E-state index is 12.1. The van der Waals surface area contributed by atoms with Gasteiger partial charge in [-0.2, -0.15) is 0 Å². The fourth-order valence-corrected chi connectivity index (χ4v) is 1.99. The quantitative estimate of drug-likeness (QED) is 0.809. The first kappa shape index (κ1) is 15.8. The van der Waals surface area contributed by atoms with Gasteiger partial charge in [0.1, 0.15) is 5.75 Å². The van der Waals surface area contributed by atoms with Gasteiger partial charge in [-0.15, -0.1) is 0 Å². The summed E-state index contributed by atoms with van der Waals surface area (Å²) in [4.78, 5) is 12.1. The Bertz CT molecular complexity index is 424. The van der Waals surface area contributed by atoms with Gasteiger partial charge in [-0.05, 0) is 31.5 Å². The molecule has 0 aromatic heterocycles. The Morgan fingerprint density at radius 3 is 2.79 bits per heavy atom. The molecular formula is C14H21ClN2O2. The molecule has 106 valence electrons.